The highest BCUT2D eigenvalue weighted by Gasteiger charge is 2.64. The molecule has 0 saturated heterocycles. The standard InChI is InChI=1S/C29H22F5N9O2/c30-18-3-1-16(2-4-18)25-24(20-14-41(11-12-42(20)40-25)27(45)38-28(8-9-28)29(32,33)34)19-5-6-23-36-22(15-43(23)39-19)37-26(44)17-7-10-35-21(31)13-17/h1-7,10,13,15H,8-9,11-12,14H2,(H,37,44)(H,38,45). The van der Waals surface area contributed by atoms with Crippen LogP contribution in [0, 0.1) is 11.8 Å². The summed E-state index contributed by atoms with van der Waals surface area (Å²) in [7, 11) is 0. The minimum Gasteiger partial charge on any atom is -0.323 e. The first-order valence-electron chi connectivity index (χ1n) is 13.8. The first-order chi connectivity index (χ1) is 21.5. The Morgan fingerprint density at radius 1 is 0.956 bits per heavy atom. The summed E-state index contributed by atoms with van der Waals surface area (Å²) in [4.78, 5) is 34.7. The van der Waals surface area contributed by atoms with Crippen molar-refractivity contribution in [3.63, 3.8) is 0 Å². The van der Waals surface area contributed by atoms with Gasteiger partial charge in [0.1, 0.15) is 17.1 Å². The molecule has 45 heavy (non-hydrogen) atoms. The number of nitrogens with zero attached hydrogens (tertiary/aromatic N) is 7. The first-order valence-corrected chi connectivity index (χ1v) is 13.8. The predicted octanol–water partition coefficient (Wildman–Crippen LogP) is 4.81. The van der Waals surface area contributed by atoms with Crippen LogP contribution in [0.5, 0.6) is 0 Å². The van der Waals surface area contributed by atoms with Crippen molar-refractivity contribution in [2.45, 2.75) is 37.6 Å². The van der Waals surface area contributed by atoms with Crippen LogP contribution >= 0.6 is 0 Å². The van der Waals surface area contributed by atoms with Crippen LogP contribution in [0.25, 0.3) is 28.2 Å². The van der Waals surface area contributed by atoms with E-state index in [1.807, 2.05) is 0 Å². The monoisotopic (exact) mass is 623 g/mol. The van der Waals surface area contributed by atoms with Crippen LogP contribution in [0.1, 0.15) is 28.9 Å². The first kappa shape index (κ1) is 28.4. The van der Waals surface area contributed by atoms with E-state index in [1.165, 1.54) is 33.8 Å². The molecule has 1 aliphatic heterocycles. The molecule has 1 fully saturated rings. The highest BCUT2D eigenvalue weighted by Crippen LogP contribution is 2.49. The molecular formula is C29H22F5N9O2. The number of halogens is 5. The van der Waals surface area contributed by atoms with E-state index >= 15 is 0 Å². The zero-order valence-corrected chi connectivity index (χ0v) is 23.1. The van der Waals surface area contributed by atoms with Gasteiger partial charge in [0, 0.05) is 29.9 Å². The molecule has 1 saturated carbocycles. The highest BCUT2D eigenvalue weighted by atomic mass is 19.4. The maximum absolute atomic E-state index is 13.8. The van der Waals surface area contributed by atoms with Crippen LogP contribution in [0.2, 0.25) is 0 Å². The van der Waals surface area contributed by atoms with E-state index in [1.54, 1.807) is 28.9 Å². The van der Waals surface area contributed by atoms with Gasteiger partial charge in [0.2, 0.25) is 5.95 Å². The van der Waals surface area contributed by atoms with Gasteiger partial charge in [-0.1, -0.05) is 0 Å². The van der Waals surface area contributed by atoms with Crippen LogP contribution in [0.3, 0.4) is 0 Å². The summed E-state index contributed by atoms with van der Waals surface area (Å²) in [6, 6.07) is 10.4. The Hall–Kier alpha value is -5.41. The third kappa shape index (κ3) is 5.21. The summed E-state index contributed by atoms with van der Waals surface area (Å²) in [5.41, 5.74) is 0.575. The minimum absolute atomic E-state index is 0.0417. The van der Waals surface area contributed by atoms with Crippen molar-refractivity contribution in [3.05, 3.63) is 83.9 Å². The smallest absolute Gasteiger partial charge is 0.323 e. The topological polar surface area (TPSA) is 122 Å². The Balaban J connectivity index is 1.23. The van der Waals surface area contributed by atoms with Crippen LogP contribution in [-0.4, -0.2) is 64.5 Å². The second-order valence-electron chi connectivity index (χ2n) is 10.8. The SMILES string of the molecule is O=C(Nc1cn2nc(-c3c(-c4ccc(F)cc4)nn4c3CN(C(=O)NC3(C(F)(F)F)CC3)CC4)ccc2n1)c1ccnc(F)c1. The van der Waals surface area contributed by atoms with Crippen molar-refractivity contribution in [3.8, 4) is 22.5 Å². The predicted molar refractivity (Wildman–Crippen MR) is 149 cm³/mol. The molecule has 0 bridgehead atoms. The van der Waals surface area contributed by atoms with Crippen molar-refractivity contribution >= 4 is 23.4 Å². The van der Waals surface area contributed by atoms with Gasteiger partial charge < -0.3 is 15.5 Å². The van der Waals surface area contributed by atoms with Gasteiger partial charge in [-0.15, -0.1) is 0 Å². The number of aromatic nitrogens is 6. The average Bonchev–Trinajstić information content (AvgIpc) is 3.55. The second-order valence-corrected chi connectivity index (χ2v) is 10.8. The summed E-state index contributed by atoms with van der Waals surface area (Å²) in [5.74, 6) is -1.73. The highest BCUT2D eigenvalue weighted by molar-refractivity contribution is 6.03. The Morgan fingerprint density at radius 3 is 2.44 bits per heavy atom. The number of fused-ring (bicyclic) bond motifs is 2. The lowest BCUT2D eigenvalue weighted by Gasteiger charge is -2.31. The molecule has 5 aromatic rings. The number of alkyl halides is 3. The second kappa shape index (κ2) is 10.3. The van der Waals surface area contributed by atoms with Crippen LogP contribution < -0.4 is 10.6 Å². The number of hydrogen-bond donors (Lipinski definition) is 2. The molecular weight excluding hydrogens is 601 g/mol. The fraction of sp³-hybridized carbons (Fsp3) is 0.241. The van der Waals surface area contributed by atoms with E-state index < -0.39 is 35.4 Å². The molecule has 230 valence electrons. The molecule has 7 rings (SSSR count). The van der Waals surface area contributed by atoms with Crippen LogP contribution in [0.15, 0.2) is 60.9 Å². The lowest BCUT2D eigenvalue weighted by molar-refractivity contribution is -0.163. The zero-order valence-electron chi connectivity index (χ0n) is 23.1. The number of anilines is 1. The summed E-state index contributed by atoms with van der Waals surface area (Å²) in [6.45, 7) is 0.265. The number of carbonyl (C=O) groups is 2. The Labute approximate surface area is 250 Å². The summed E-state index contributed by atoms with van der Waals surface area (Å²) in [6.07, 6.45) is -2.29. The maximum atomic E-state index is 13.8. The van der Waals surface area contributed by atoms with Crippen molar-refractivity contribution < 1.29 is 31.5 Å². The normalized spacial score (nSPS) is 15.5. The molecule has 5 heterocycles. The maximum Gasteiger partial charge on any atom is 0.411 e. The Kier molecular flexibility index (Phi) is 6.52. The number of amides is 3. The van der Waals surface area contributed by atoms with E-state index in [2.05, 4.69) is 25.7 Å². The number of carbonyl (C=O) groups excluding carboxylic acids is 2. The zero-order chi connectivity index (χ0) is 31.5. The van der Waals surface area contributed by atoms with Gasteiger partial charge in [-0.3, -0.25) is 9.48 Å². The van der Waals surface area contributed by atoms with E-state index in [0.717, 1.165) is 12.3 Å². The average molecular weight is 624 g/mol. The third-order valence-electron chi connectivity index (χ3n) is 7.83. The molecule has 16 heteroatoms. The van der Waals surface area contributed by atoms with Crippen molar-refractivity contribution in [1.82, 2.24) is 39.6 Å². The van der Waals surface area contributed by atoms with E-state index in [-0.39, 0.29) is 43.9 Å². The van der Waals surface area contributed by atoms with Crippen molar-refractivity contribution in [2.75, 3.05) is 11.9 Å². The molecule has 2 N–H and O–H groups in total. The molecule has 11 nitrogen and oxygen atoms in total. The fourth-order valence-corrected chi connectivity index (χ4v) is 5.27. The lowest BCUT2D eigenvalue weighted by Crippen LogP contribution is -2.53. The van der Waals surface area contributed by atoms with Crippen LogP contribution in [-0.2, 0) is 13.1 Å². The largest absolute Gasteiger partial charge is 0.411 e. The molecule has 0 radical (unpaired) electrons. The van der Waals surface area contributed by atoms with E-state index in [9.17, 15) is 31.5 Å². The van der Waals surface area contributed by atoms with Crippen molar-refractivity contribution in [1.29, 1.82) is 0 Å². The molecule has 0 atom stereocenters. The van der Waals surface area contributed by atoms with E-state index in [0.29, 0.717) is 33.9 Å². The number of rotatable bonds is 5. The van der Waals surface area contributed by atoms with E-state index in [4.69, 9.17) is 5.10 Å². The quantitative estimate of drug-likeness (QED) is 0.214. The minimum atomic E-state index is -4.56. The summed E-state index contributed by atoms with van der Waals surface area (Å²) in [5, 5.41) is 14.1. The molecule has 1 aromatic carbocycles. The summed E-state index contributed by atoms with van der Waals surface area (Å²) >= 11 is 0. The molecule has 0 spiro atoms. The molecule has 1 aliphatic carbocycles. The third-order valence-corrected chi connectivity index (χ3v) is 7.83. The number of nitrogens with one attached hydrogen (secondary N) is 2. The van der Waals surface area contributed by atoms with Gasteiger partial charge in [0.25, 0.3) is 5.91 Å². The summed E-state index contributed by atoms with van der Waals surface area (Å²) < 4.78 is 70.9. The molecule has 3 amide bonds. The van der Waals surface area contributed by atoms with Gasteiger partial charge in [-0.05, 0) is 55.3 Å². The number of hydrogen-bond acceptors (Lipinski definition) is 6. The Morgan fingerprint density at radius 2 is 1.73 bits per heavy atom. The number of imidazole rings is 1. The number of urea groups is 1. The number of benzene rings is 1. The van der Waals surface area contributed by atoms with Gasteiger partial charge in [0.05, 0.1) is 36.2 Å². The lowest BCUT2D eigenvalue weighted by atomic mass is 10.0. The van der Waals surface area contributed by atoms with Gasteiger partial charge >= 0.3 is 12.2 Å². The fourth-order valence-electron chi connectivity index (χ4n) is 5.27. The number of pyridine rings is 1. The van der Waals surface area contributed by atoms with Gasteiger partial charge in [-0.2, -0.15) is 27.8 Å². The molecule has 4 aromatic heterocycles. The Bertz CT molecular complexity index is 1970. The van der Waals surface area contributed by atoms with Gasteiger partial charge in [-0.25, -0.2) is 23.7 Å². The molecule has 2 aliphatic rings. The van der Waals surface area contributed by atoms with Crippen LogP contribution in [0.4, 0.5) is 32.6 Å². The molecule has 0 unspecified atom stereocenters. The van der Waals surface area contributed by atoms with Crippen molar-refractivity contribution in [2.24, 2.45) is 0 Å². The van der Waals surface area contributed by atoms with Gasteiger partial charge in [0.15, 0.2) is 11.5 Å².